The predicted molar refractivity (Wildman–Crippen MR) is 54.8 cm³/mol. The third kappa shape index (κ3) is 5.11. The number of hydrogen-bond acceptors (Lipinski definition) is 4. The zero-order chi connectivity index (χ0) is 11.2. The van der Waals surface area contributed by atoms with E-state index in [4.69, 9.17) is 21.8 Å². The lowest BCUT2D eigenvalue weighted by molar-refractivity contribution is 0.122. The van der Waals surface area contributed by atoms with Gasteiger partial charge in [-0.25, -0.2) is 13.1 Å². The number of hydrogen-bond donors (Lipinski definition) is 3. The minimum absolute atomic E-state index is 0.105. The van der Waals surface area contributed by atoms with Crippen molar-refractivity contribution in [1.29, 1.82) is 0 Å². The lowest BCUT2D eigenvalue weighted by atomic mass is 10.1. The molecule has 0 fully saturated rings. The minimum Gasteiger partial charge on any atom is -0.394 e. The smallest absolute Gasteiger partial charge is 0.212 e. The number of sulfonamides is 1. The molecule has 5 nitrogen and oxygen atoms in total. The number of nitrogens with one attached hydrogen (secondary N) is 1. The average molecular weight is 246 g/mol. The molecule has 0 unspecified atom stereocenters. The Kier molecular flexibility index (Phi) is 5.92. The van der Waals surface area contributed by atoms with Gasteiger partial charge in [0.15, 0.2) is 0 Å². The van der Waals surface area contributed by atoms with E-state index in [1.807, 2.05) is 0 Å². The third-order valence-electron chi connectivity index (χ3n) is 1.65. The average Bonchev–Trinajstić information content (AvgIpc) is 2.14. The van der Waals surface area contributed by atoms with Crippen LogP contribution in [0.25, 0.3) is 0 Å². The molecule has 0 aliphatic rings. The Balaban J connectivity index is 4.33. The highest BCUT2D eigenvalue weighted by atomic mass is 35.5. The van der Waals surface area contributed by atoms with E-state index < -0.39 is 28.8 Å². The first-order valence-corrected chi connectivity index (χ1v) is 6.37. The molecule has 0 aliphatic carbocycles. The maximum Gasteiger partial charge on any atom is 0.212 e. The topological polar surface area (TPSA) is 86.6 Å². The van der Waals surface area contributed by atoms with Crippen LogP contribution in [0.1, 0.15) is 13.3 Å². The van der Waals surface area contributed by atoms with Crippen molar-refractivity contribution in [3.8, 4) is 0 Å². The predicted octanol–water partition coefficient (Wildman–Crippen LogP) is -0.722. The number of halogens is 1. The molecule has 14 heavy (non-hydrogen) atoms. The first-order chi connectivity index (χ1) is 6.39. The quantitative estimate of drug-likeness (QED) is 0.517. The standard InChI is InChI=1S/C7H16ClNO4S/c1-7(5-10,6-11)9-14(12,13)4-2-3-8/h9-11H,2-6H2,1H3. The van der Waals surface area contributed by atoms with E-state index in [1.54, 1.807) is 0 Å². The van der Waals surface area contributed by atoms with Crippen LogP contribution in [0.2, 0.25) is 0 Å². The second-order valence-corrected chi connectivity index (χ2v) is 5.56. The Morgan fingerprint density at radius 2 is 1.86 bits per heavy atom. The molecule has 0 spiro atoms. The number of aliphatic hydroxyl groups excluding tert-OH is 2. The van der Waals surface area contributed by atoms with Gasteiger partial charge in [-0.1, -0.05) is 0 Å². The van der Waals surface area contributed by atoms with Crippen molar-refractivity contribution in [2.24, 2.45) is 0 Å². The Hall–Kier alpha value is 0.120. The molecule has 0 bridgehead atoms. The van der Waals surface area contributed by atoms with Crippen LogP contribution < -0.4 is 4.72 Å². The Bertz CT molecular complexity index is 250. The van der Waals surface area contributed by atoms with E-state index in [9.17, 15) is 8.42 Å². The van der Waals surface area contributed by atoms with Crippen LogP contribution in [-0.4, -0.2) is 49.0 Å². The highest BCUT2D eigenvalue weighted by Crippen LogP contribution is 2.04. The van der Waals surface area contributed by atoms with Gasteiger partial charge in [-0.3, -0.25) is 0 Å². The zero-order valence-electron chi connectivity index (χ0n) is 8.03. The summed E-state index contributed by atoms with van der Waals surface area (Å²) in [6.07, 6.45) is 0.337. The van der Waals surface area contributed by atoms with Crippen molar-refractivity contribution in [2.45, 2.75) is 18.9 Å². The van der Waals surface area contributed by atoms with Gasteiger partial charge in [-0.05, 0) is 13.3 Å². The molecule has 0 atom stereocenters. The molecule has 0 saturated heterocycles. The normalized spacial score (nSPS) is 13.1. The van der Waals surface area contributed by atoms with Gasteiger partial charge in [-0.15, -0.1) is 11.6 Å². The van der Waals surface area contributed by atoms with Crippen LogP contribution in [0.5, 0.6) is 0 Å². The van der Waals surface area contributed by atoms with Gasteiger partial charge in [0, 0.05) is 5.88 Å². The van der Waals surface area contributed by atoms with Crippen molar-refractivity contribution >= 4 is 21.6 Å². The molecular weight excluding hydrogens is 230 g/mol. The van der Waals surface area contributed by atoms with Crippen molar-refractivity contribution in [1.82, 2.24) is 4.72 Å². The Labute approximate surface area is 89.1 Å². The molecule has 0 aliphatic heterocycles. The third-order valence-corrected chi connectivity index (χ3v) is 3.54. The molecule has 3 N–H and O–H groups in total. The lowest BCUT2D eigenvalue weighted by Crippen LogP contribution is -2.52. The summed E-state index contributed by atoms with van der Waals surface area (Å²) in [5.74, 6) is 0.155. The van der Waals surface area contributed by atoms with Crippen molar-refractivity contribution in [2.75, 3.05) is 24.8 Å². The summed E-state index contributed by atoms with van der Waals surface area (Å²) in [6.45, 7) is 0.512. The molecule has 0 radical (unpaired) electrons. The Morgan fingerprint density at radius 1 is 1.36 bits per heavy atom. The molecule has 0 aromatic heterocycles. The van der Waals surface area contributed by atoms with Crippen LogP contribution in [0, 0.1) is 0 Å². The van der Waals surface area contributed by atoms with Crippen LogP contribution in [0.15, 0.2) is 0 Å². The first kappa shape index (κ1) is 14.1. The molecule has 86 valence electrons. The van der Waals surface area contributed by atoms with Crippen LogP contribution in [0.4, 0.5) is 0 Å². The lowest BCUT2D eigenvalue weighted by Gasteiger charge is -2.25. The van der Waals surface area contributed by atoms with E-state index in [0.717, 1.165) is 0 Å². The highest BCUT2D eigenvalue weighted by Gasteiger charge is 2.27. The summed E-state index contributed by atoms with van der Waals surface area (Å²) in [6, 6.07) is 0. The second kappa shape index (κ2) is 5.87. The van der Waals surface area contributed by atoms with E-state index in [-0.39, 0.29) is 11.6 Å². The summed E-state index contributed by atoms with van der Waals surface area (Å²) in [7, 11) is -3.48. The van der Waals surface area contributed by atoms with E-state index in [2.05, 4.69) is 4.72 Å². The van der Waals surface area contributed by atoms with Crippen LogP contribution in [0.3, 0.4) is 0 Å². The molecule has 7 heteroatoms. The molecule has 0 amide bonds. The largest absolute Gasteiger partial charge is 0.394 e. The van der Waals surface area contributed by atoms with Crippen LogP contribution >= 0.6 is 11.6 Å². The number of alkyl halides is 1. The van der Waals surface area contributed by atoms with Gasteiger partial charge in [0.25, 0.3) is 0 Å². The fourth-order valence-corrected chi connectivity index (χ4v) is 2.58. The van der Waals surface area contributed by atoms with Gasteiger partial charge in [0.1, 0.15) is 0 Å². The molecular formula is C7H16ClNO4S. The van der Waals surface area contributed by atoms with Gasteiger partial charge < -0.3 is 10.2 Å². The number of aliphatic hydroxyl groups is 2. The summed E-state index contributed by atoms with van der Waals surface area (Å²) < 4.78 is 24.9. The van der Waals surface area contributed by atoms with E-state index in [1.165, 1.54) is 6.92 Å². The molecule has 0 saturated carbocycles. The summed E-state index contributed by atoms with van der Waals surface area (Å²) >= 11 is 5.36. The van der Waals surface area contributed by atoms with E-state index >= 15 is 0 Å². The number of rotatable bonds is 7. The highest BCUT2D eigenvalue weighted by molar-refractivity contribution is 7.89. The maximum absolute atomic E-state index is 11.3. The zero-order valence-corrected chi connectivity index (χ0v) is 9.61. The molecule has 0 aromatic rings. The van der Waals surface area contributed by atoms with E-state index in [0.29, 0.717) is 6.42 Å². The van der Waals surface area contributed by atoms with Gasteiger partial charge in [-0.2, -0.15) is 0 Å². The summed E-state index contributed by atoms with van der Waals surface area (Å²) in [5.41, 5.74) is -1.20. The van der Waals surface area contributed by atoms with Gasteiger partial charge >= 0.3 is 0 Å². The fourth-order valence-electron chi connectivity index (χ4n) is 0.786. The summed E-state index contributed by atoms with van der Waals surface area (Å²) in [4.78, 5) is 0. The monoisotopic (exact) mass is 245 g/mol. The molecule has 0 rings (SSSR count). The first-order valence-electron chi connectivity index (χ1n) is 4.18. The maximum atomic E-state index is 11.3. The van der Waals surface area contributed by atoms with Gasteiger partial charge in [0.2, 0.25) is 10.0 Å². The molecule has 0 heterocycles. The van der Waals surface area contributed by atoms with Gasteiger partial charge in [0.05, 0.1) is 24.5 Å². The van der Waals surface area contributed by atoms with Crippen LogP contribution in [-0.2, 0) is 10.0 Å². The SMILES string of the molecule is CC(CO)(CO)NS(=O)(=O)CCCCl. The van der Waals surface area contributed by atoms with Crippen molar-refractivity contribution < 1.29 is 18.6 Å². The molecule has 0 aromatic carbocycles. The summed E-state index contributed by atoms with van der Waals surface area (Å²) in [5, 5.41) is 17.7. The fraction of sp³-hybridized carbons (Fsp3) is 1.00. The Morgan fingerprint density at radius 3 is 2.21 bits per heavy atom. The minimum atomic E-state index is -3.48. The van der Waals surface area contributed by atoms with Crippen molar-refractivity contribution in [3.05, 3.63) is 0 Å². The second-order valence-electron chi connectivity index (χ2n) is 3.34. The van der Waals surface area contributed by atoms with Crippen molar-refractivity contribution in [3.63, 3.8) is 0 Å².